The lowest BCUT2D eigenvalue weighted by Gasteiger charge is -2.12. The highest BCUT2D eigenvalue weighted by molar-refractivity contribution is 6.06. The number of anilines is 1. The Morgan fingerprint density at radius 3 is 2.62 bits per heavy atom. The molecule has 4 nitrogen and oxygen atoms in total. The number of rotatable bonds is 4. The molecule has 6 heteroatoms. The van der Waals surface area contributed by atoms with Gasteiger partial charge < -0.3 is 15.2 Å². The van der Waals surface area contributed by atoms with Crippen LogP contribution in [0.1, 0.15) is 15.9 Å². The van der Waals surface area contributed by atoms with E-state index in [0.29, 0.717) is 5.56 Å². The fraction of sp³-hybridized carbons (Fsp3) is 0.133. The van der Waals surface area contributed by atoms with Gasteiger partial charge >= 0.3 is 6.61 Å². The second-order valence-electron chi connectivity index (χ2n) is 4.28. The van der Waals surface area contributed by atoms with Crippen LogP contribution in [0, 0.1) is 6.92 Å². The van der Waals surface area contributed by atoms with Crippen molar-refractivity contribution >= 4 is 11.6 Å². The normalized spacial score (nSPS) is 10.5. The molecule has 1 amide bonds. The lowest BCUT2D eigenvalue weighted by molar-refractivity contribution is -0.0493. The Bertz CT molecular complexity index is 659. The van der Waals surface area contributed by atoms with Crippen LogP contribution in [0.2, 0.25) is 0 Å². The maximum atomic E-state index is 12.3. The molecule has 0 fully saturated rings. The number of phenols is 1. The predicted molar refractivity (Wildman–Crippen MR) is 73.9 cm³/mol. The molecule has 0 aliphatic rings. The Morgan fingerprint density at radius 2 is 1.90 bits per heavy atom. The zero-order valence-corrected chi connectivity index (χ0v) is 11.1. The number of halogens is 2. The number of hydrogen-bond donors (Lipinski definition) is 2. The Morgan fingerprint density at radius 1 is 1.19 bits per heavy atom. The Kier molecular flexibility index (Phi) is 4.37. The van der Waals surface area contributed by atoms with Gasteiger partial charge in [-0.1, -0.05) is 18.2 Å². The SMILES string of the molecule is Cc1c(O)cccc1C(=O)Nc1ccccc1OC(F)F. The number of nitrogens with one attached hydrogen (secondary N) is 1. The van der Waals surface area contributed by atoms with Crippen LogP contribution in [0.4, 0.5) is 14.5 Å². The van der Waals surface area contributed by atoms with Gasteiger partial charge in [0.25, 0.3) is 5.91 Å². The molecule has 21 heavy (non-hydrogen) atoms. The van der Waals surface area contributed by atoms with Gasteiger partial charge in [0.1, 0.15) is 11.5 Å². The topological polar surface area (TPSA) is 58.6 Å². The summed E-state index contributed by atoms with van der Waals surface area (Å²) in [6.07, 6.45) is 0. The van der Waals surface area contributed by atoms with E-state index in [0.717, 1.165) is 0 Å². The fourth-order valence-corrected chi connectivity index (χ4v) is 1.83. The molecule has 2 N–H and O–H groups in total. The van der Waals surface area contributed by atoms with Crippen molar-refractivity contribution in [3.63, 3.8) is 0 Å². The average molecular weight is 293 g/mol. The second kappa shape index (κ2) is 6.21. The minimum absolute atomic E-state index is 0.0141. The number of carbonyl (C=O) groups excluding carboxylic acids is 1. The van der Waals surface area contributed by atoms with Gasteiger partial charge in [0, 0.05) is 11.1 Å². The standard InChI is InChI=1S/C15H13F2NO3/c1-9-10(5-4-7-12(9)19)14(20)18-11-6-2-3-8-13(11)21-15(16)17/h2-8,15,19H,1H3,(H,18,20). The number of ether oxygens (including phenoxy) is 1. The number of phenolic OH excluding ortho intramolecular Hbond substituents is 1. The zero-order chi connectivity index (χ0) is 15.4. The predicted octanol–water partition coefficient (Wildman–Crippen LogP) is 3.55. The minimum Gasteiger partial charge on any atom is -0.508 e. The van der Waals surface area contributed by atoms with Crippen LogP contribution in [-0.2, 0) is 0 Å². The first-order valence-corrected chi connectivity index (χ1v) is 6.13. The number of aromatic hydroxyl groups is 1. The van der Waals surface area contributed by atoms with Gasteiger partial charge in [-0.25, -0.2) is 0 Å². The summed E-state index contributed by atoms with van der Waals surface area (Å²) in [6, 6.07) is 10.4. The van der Waals surface area contributed by atoms with Crippen LogP contribution in [0.3, 0.4) is 0 Å². The van der Waals surface area contributed by atoms with Crippen LogP contribution in [-0.4, -0.2) is 17.6 Å². The van der Waals surface area contributed by atoms with Gasteiger partial charge in [0.05, 0.1) is 5.69 Å². The molecule has 0 aromatic heterocycles. The molecule has 2 aromatic carbocycles. The summed E-state index contributed by atoms with van der Waals surface area (Å²) in [5.41, 5.74) is 0.787. The van der Waals surface area contributed by atoms with Crippen molar-refractivity contribution in [1.82, 2.24) is 0 Å². The van der Waals surface area contributed by atoms with Gasteiger partial charge in [0.15, 0.2) is 0 Å². The zero-order valence-electron chi connectivity index (χ0n) is 11.1. The highest BCUT2D eigenvalue weighted by Crippen LogP contribution is 2.27. The lowest BCUT2D eigenvalue weighted by atomic mass is 10.1. The van der Waals surface area contributed by atoms with Gasteiger partial charge in [0.2, 0.25) is 0 Å². The first-order chi connectivity index (χ1) is 9.99. The van der Waals surface area contributed by atoms with Gasteiger partial charge in [-0.3, -0.25) is 4.79 Å². The summed E-state index contributed by atoms with van der Waals surface area (Å²) in [5, 5.41) is 12.1. The largest absolute Gasteiger partial charge is 0.508 e. The van der Waals surface area contributed by atoms with E-state index in [2.05, 4.69) is 10.1 Å². The molecule has 110 valence electrons. The Balaban J connectivity index is 2.26. The van der Waals surface area contributed by atoms with Crippen LogP contribution in [0.5, 0.6) is 11.5 Å². The smallest absolute Gasteiger partial charge is 0.387 e. The second-order valence-corrected chi connectivity index (χ2v) is 4.28. The van der Waals surface area contributed by atoms with Crippen LogP contribution < -0.4 is 10.1 Å². The maximum Gasteiger partial charge on any atom is 0.387 e. The molecule has 0 saturated heterocycles. The summed E-state index contributed by atoms with van der Waals surface area (Å²) in [5.74, 6) is -0.660. The highest BCUT2D eigenvalue weighted by atomic mass is 19.3. The van der Waals surface area contributed by atoms with E-state index in [1.165, 1.54) is 36.4 Å². The third-order valence-corrected chi connectivity index (χ3v) is 2.90. The number of alkyl halides is 2. The van der Waals surface area contributed by atoms with Crippen LogP contribution >= 0.6 is 0 Å². The van der Waals surface area contributed by atoms with Crippen molar-refractivity contribution in [3.05, 3.63) is 53.6 Å². The average Bonchev–Trinajstić information content (AvgIpc) is 2.43. The molecular formula is C15H13F2NO3. The third-order valence-electron chi connectivity index (χ3n) is 2.90. The van der Waals surface area contributed by atoms with Crippen molar-refractivity contribution in [2.45, 2.75) is 13.5 Å². The van der Waals surface area contributed by atoms with Crippen molar-refractivity contribution < 1.29 is 23.4 Å². The van der Waals surface area contributed by atoms with Gasteiger partial charge in [-0.2, -0.15) is 8.78 Å². The van der Waals surface area contributed by atoms with Gasteiger partial charge in [-0.05, 0) is 31.2 Å². The molecule has 2 rings (SSSR count). The van der Waals surface area contributed by atoms with Crippen LogP contribution in [0.15, 0.2) is 42.5 Å². The molecular weight excluding hydrogens is 280 g/mol. The molecule has 0 unspecified atom stereocenters. The summed E-state index contributed by atoms with van der Waals surface area (Å²) >= 11 is 0. The van der Waals surface area contributed by atoms with E-state index in [4.69, 9.17) is 0 Å². The maximum absolute atomic E-state index is 12.3. The molecule has 0 heterocycles. The quantitative estimate of drug-likeness (QED) is 0.906. The fourth-order valence-electron chi connectivity index (χ4n) is 1.83. The molecule has 0 spiro atoms. The van der Waals surface area contributed by atoms with E-state index in [9.17, 15) is 18.7 Å². The Hall–Kier alpha value is -2.63. The summed E-state index contributed by atoms with van der Waals surface area (Å²) in [6.45, 7) is -1.39. The highest BCUT2D eigenvalue weighted by Gasteiger charge is 2.15. The van der Waals surface area contributed by atoms with Crippen molar-refractivity contribution in [1.29, 1.82) is 0 Å². The number of para-hydroxylation sites is 2. The molecule has 0 atom stereocenters. The first-order valence-electron chi connectivity index (χ1n) is 6.13. The summed E-state index contributed by atoms with van der Waals surface area (Å²) in [4.78, 5) is 12.2. The summed E-state index contributed by atoms with van der Waals surface area (Å²) in [7, 11) is 0. The molecule has 0 aliphatic heterocycles. The molecule has 0 saturated carbocycles. The van der Waals surface area contributed by atoms with Crippen molar-refractivity contribution in [3.8, 4) is 11.5 Å². The molecule has 0 bridgehead atoms. The number of hydrogen-bond acceptors (Lipinski definition) is 3. The van der Waals surface area contributed by atoms with E-state index in [-0.39, 0.29) is 22.7 Å². The molecule has 0 aliphatic carbocycles. The molecule has 2 aromatic rings. The van der Waals surface area contributed by atoms with Crippen molar-refractivity contribution in [2.75, 3.05) is 5.32 Å². The van der Waals surface area contributed by atoms with E-state index < -0.39 is 12.5 Å². The van der Waals surface area contributed by atoms with E-state index >= 15 is 0 Å². The van der Waals surface area contributed by atoms with Gasteiger partial charge in [-0.15, -0.1) is 0 Å². The first kappa shape index (κ1) is 14.8. The van der Waals surface area contributed by atoms with Crippen molar-refractivity contribution in [2.24, 2.45) is 0 Å². The third kappa shape index (κ3) is 3.47. The number of benzene rings is 2. The lowest BCUT2D eigenvalue weighted by Crippen LogP contribution is -2.15. The van der Waals surface area contributed by atoms with E-state index in [1.807, 2.05) is 0 Å². The minimum atomic E-state index is -2.98. The Labute approximate surface area is 120 Å². The van der Waals surface area contributed by atoms with E-state index in [1.54, 1.807) is 13.0 Å². The number of amides is 1. The molecule has 0 radical (unpaired) electrons. The van der Waals surface area contributed by atoms with Crippen LogP contribution in [0.25, 0.3) is 0 Å². The summed E-state index contributed by atoms with van der Waals surface area (Å²) < 4.78 is 29.0. The number of carbonyl (C=O) groups is 1. The monoisotopic (exact) mass is 293 g/mol.